The van der Waals surface area contributed by atoms with Crippen molar-refractivity contribution in [3.05, 3.63) is 99.3 Å². The molecular formula is C31H32Cl2F3N3O3. The number of halogens is 5. The van der Waals surface area contributed by atoms with Gasteiger partial charge in [-0.3, -0.25) is 4.79 Å². The second-order valence-corrected chi connectivity index (χ2v) is 11.7. The molecule has 3 aromatic carbocycles. The minimum Gasteiger partial charge on any atom is -0.478 e. The van der Waals surface area contributed by atoms with E-state index in [-0.39, 0.29) is 45.9 Å². The van der Waals surface area contributed by atoms with E-state index in [0.717, 1.165) is 18.6 Å². The highest BCUT2D eigenvalue weighted by atomic mass is 35.5. The van der Waals surface area contributed by atoms with E-state index in [0.29, 0.717) is 17.0 Å². The van der Waals surface area contributed by atoms with Gasteiger partial charge in [0, 0.05) is 28.7 Å². The van der Waals surface area contributed by atoms with Crippen LogP contribution in [0.5, 0.6) is 0 Å². The number of carbonyl (C=O) groups excluding carboxylic acids is 1. The van der Waals surface area contributed by atoms with Gasteiger partial charge in [-0.2, -0.15) is 5.26 Å². The van der Waals surface area contributed by atoms with Crippen molar-refractivity contribution in [3.63, 3.8) is 0 Å². The van der Waals surface area contributed by atoms with Crippen LogP contribution in [0.4, 0.5) is 18.9 Å². The smallest absolute Gasteiger partial charge is 0.338 e. The van der Waals surface area contributed by atoms with Crippen LogP contribution in [0.1, 0.15) is 56.0 Å². The van der Waals surface area contributed by atoms with Crippen LogP contribution in [0.25, 0.3) is 0 Å². The molecule has 11 heteroatoms. The standard InChI is InChI=1S/C17H22ClFN2.C8H6FNO3.C6H4ClF/c1-10-15(11-6-5-7-13(18)16(11)19)12(9-20)14(21-10)8-17(2,3)4;9-7-3-5(10-4-11)1-2-6(7)8(12)13;7-5-2-1-3-6(8)4-5/h5-7,10,12,14-15,21H,8H2,1-4H3;1-4H,(H,10,11)(H,12,13);1-4H. The SMILES string of the molecule is CC1NC(CC(C)(C)C)C(C#N)C1c1cccc(Cl)c1F.Fc1cccc(Cl)c1.O=CNc1ccc(C(=O)O)c(F)c1. The lowest BCUT2D eigenvalue weighted by Crippen LogP contribution is -2.33. The maximum atomic E-state index is 14.3. The Balaban J connectivity index is 0.000000248. The number of carboxylic acid groups (broad SMARTS) is 1. The number of amides is 1. The van der Waals surface area contributed by atoms with Crippen molar-refractivity contribution in [2.24, 2.45) is 11.3 Å². The molecule has 0 saturated carbocycles. The summed E-state index contributed by atoms with van der Waals surface area (Å²) in [5, 5.41) is 24.3. The molecule has 1 aliphatic heterocycles. The number of hydrogen-bond donors (Lipinski definition) is 3. The van der Waals surface area contributed by atoms with E-state index in [2.05, 4.69) is 37.5 Å². The van der Waals surface area contributed by atoms with Gasteiger partial charge in [0.25, 0.3) is 0 Å². The molecule has 42 heavy (non-hydrogen) atoms. The van der Waals surface area contributed by atoms with Crippen molar-refractivity contribution in [3.8, 4) is 6.07 Å². The monoisotopic (exact) mass is 621 g/mol. The van der Waals surface area contributed by atoms with E-state index in [1.165, 1.54) is 18.2 Å². The maximum Gasteiger partial charge on any atom is 0.338 e. The lowest BCUT2D eigenvalue weighted by Gasteiger charge is -2.25. The normalized spacial score (nSPS) is 19.3. The van der Waals surface area contributed by atoms with E-state index in [1.54, 1.807) is 30.3 Å². The summed E-state index contributed by atoms with van der Waals surface area (Å²) in [4.78, 5) is 20.3. The third-order valence-electron chi connectivity index (χ3n) is 6.37. The Bertz CT molecular complexity index is 1410. The van der Waals surface area contributed by atoms with Crippen molar-refractivity contribution < 1.29 is 27.9 Å². The zero-order chi connectivity index (χ0) is 31.6. The summed E-state index contributed by atoms with van der Waals surface area (Å²) < 4.78 is 39.3. The molecule has 0 aliphatic carbocycles. The first-order valence-corrected chi connectivity index (χ1v) is 13.7. The molecule has 1 heterocycles. The largest absolute Gasteiger partial charge is 0.478 e. The number of anilines is 1. The van der Waals surface area contributed by atoms with Gasteiger partial charge in [0.2, 0.25) is 6.41 Å². The first-order chi connectivity index (χ1) is 19.7. The van der Waals surface area contributed by atoms with Gasteiger partial charge < -0.3 is 15.7 Å². The molecule has 1 fully saturated rings. The molecule has 3 aromatic rings. The van der Waals surface area contributed by atoms with Crippen molar-refractivity contribution in [1.29, 1.82) is 5.26 Å². The fourth-order valence-electron chi connectivity index (χ4n) is 4.67. The van der Waals surface area contributed by atoms with Crippen molar-refractivity contribution in [2.75, 3.05) is 5.32 Å². The fourth-order valence-corrected chi connectivity index (χ4v) is 5.03. The minimum atomic E-state index is -1.34. The van der Waals surface area contributed by atoms with Gasteiger partial charge in [-0.1, -0.05) is 62.2 Å². The van der Waals surface area contributed by atoms with Gasteiger partial charge in [0.05, 0.1) is 22.6 Å². The Labute approximate surface area is 253 Å². The highest BCUT2D eigenvalue weighted by Crippen LogP contribution is 2.41. The van der Waals surface area contributed by atoms with Gasteiger partial charge in [-0.05, 0) is 66.8 Å². The number of carboxylic acids is 1. The number of nitrogens with one attached hydrogen (secondary N) is 2. The van der Waals surface area contributed by atoms with Gasteiger partial charge in [-0.15, -0.1) is 0 Å². The summed E-state index contributed by atoms with van der Waals surface area (Å²) in [6.45, 7) is 8.47. The number of benzene rings is 3. The highest BCUT2D eigenvalue weighted by Gasteiger charge is 2.44. The van der Waals surface area contributed by atoms with Crippen LogP contribution in [0, 0.1) is 40.1 Å². The second kappa shape index (κ2) is 15.6. The van der Waals surface area contributed by atoms with Crippen LogP contribution in [0.15, 0.2) is 60.7 Å². The van der Waals surface area contributed by atoms with Crippen molar-refractivity contribution >= 4 is 41.3 Å². The lowest BCUT2D eigenvalue weighted by atomic mass is 9.78. The fraction of sp³-hybridized carbons (Fsp3) is 0.323. The van der Waals surface area contributed by atoms with Crippen LogP contribution in [-0.2, 0) is 4.79 Å². The number of carbonyl (C=O) groups is 2. The van der Waals surface area contributed by atoms with Gasteiger partial charge >= 0.3 is 5.97 Å². The maximum absolute atomic E-state index is 14.3. The van der Waals surface area contributed by atoms with Crippen LogP contribution in [0.2, 0.25) is 10.0 Å². The molecule has 0 spiro atoms. The Morgan fingerprint density at radius 2 is 1.76 bits per heavy atom. The van der Waals surface area contributed by atoms with E-state index in [4.69, 9.17) is 28.3 Å². The number of hydrogen-bond acceptors (Lipinski definition) is 4. The Morgan fingerprint density at radius 3 is 2.26 bits per heavy atom. The van der Waals surface area contributed by atoms with Crippen LogP contribution >= 0.6 is 23.2 Å². The predicted molar refractivity (Wildman–Crippen MR) is 158 cm³/mol. The van der Waals surface area contributed by atoms with Gasteiger partial charge in [-0.25, -0.2) is 18.0 Å². The molecule has 0 bridgehead atoms. The molecule has 4 unspecified atom stereocenters. The van der Waals surface area contributed by atoms with Crippen LogP contribution in [0.3, 0.4) is 0 Å². The number of rotatable bonds is 5. The third-order valence-corrected chi connectivity index (χ3v) is 6.90. The molecule has 4 atom stereocenters. The average Bonchev–Trinajstić information content (AvgIpc) is 3.19. The Morgan fingerprint density at radius 1 is 1.10 bits per heavy atom. The summed E-state index contributed by atoms with van der Waals surface area (Å²) in [7, 11) is 0. The number of nitriles is 1. The van der Waals surface area contributed by atoms with Crippen molar-refractivity contribution in [2.45, 2.75) is 52.1 Å². The number of aromatic carboxylic acids is 1. The van der Waals surface area contributed by atoms with E-state index in [1.807, 2.05) is 6.92 Å². The van der Waals surface area contributed by atoms with E-state index in [9.17, 15) is 28.0 Å². The molecule has 3 N–H and O–H groups in total. The molecular weight excluding hydrogens is 590 g/mol. The zero-order valence-electron chi connectivity index (χ0n) is 23.5. The summed E-state index contributed by atoms with van der Waals surface area (Å²) >= 11 is 11.3. The second-order valence-electron chi connectivity index (χ2n) is 10.9. The predicted octanol–water partition coefficient (Wildman–Crippen LogP) is 8.07. The molecule has 6 nitrogen and oxygen atoms in total. The zero-order valence-corrected chi connectivity index (χ0v) is 25.0. The molecule has 1 aliphatic rings. The quantitative estimate of drug-likeness (QED) is 0.250. The van der Waals surface area contributed by atoms with Crippen LogP contribution < -0.4 is 10.6 Å². The molecule has 0 radical (unpaired) electrons. The lowest BCUT2D eigenvalue weighted by molar-refractivity contribution is -0.105. The van der Waals surface area contributed by atoms with E-state index < -0.39 is 23.2 Å². The van der Waals surface area contributed by atoms with E-state index >= 15 is 0 Å². The minimum absolute atomic E-state index is 0.0509. The average molecular weight is 623 g/mol. The third kappa shape index (κ3) is 10.1. The first-order valence-electron chi connectivity index (χ1n) is 12.9. The number of nitrogens with zero attached hydrogens (tertiary/aromatic N) is 1. The Hall–Kier alpha value is -3.58. The molecule has 0 aromatic heterocycles. The summed E-state index contributed by atoms with van der Waals surface area (Å²) in [6.07, 6.45) is 1.27. The summed E-state index contributed by atoms with van der Waals surface area (Å²) in [5.41, 5.74) is 0.466. The first kappa shape index (κ1) is 34.6. The summed E-state index contributed by atoms with van der Waals surface area (Å²) in [5.74, 6) is -3.31. The van der Waals surface area contributed by atoms with Gasteiger partial charge in [0.1, 0.15) is 17.5 Å². The molecule has 1 amide bonds. The molecule has 224 valence electrons. The topological polar surface area (TPSA) is 102 Å². The molecule has 1 saturated heterocycles. The van der Waals surface area contributed by atoms with Gasteiger partial charge in [0.15, 0.2) is 0 Å². The van der Waals surface area contributed by atoms with Crippen molar-refractivity contribution in [1.82, 2.24) is 5.32 Å². The van der Waals surface area contributed by atoms with Crippen LogP contribution in [-0.4, -0.2) is 29.6 Å². The summed E-state index contributed by atoms with van der Waals surface area (Å²) in [6, 6.07) is 16.7. The molecule has 4 rings (SSSR count). The highest BCUT2D eigenvalue weighted by molar-refractivity contribution is 6.31. The Kier molecular flexibility index (Phi) is 12.9.